The summed E-state index contributed by atoms with van der Waals surface area (Å²) in [6.45, 7) is 1.72. The monoisotopic (exact) mass is 106 g/mol. The molecule has 0 nitrogen and oxygen atoms in total. The average molecular weight is 106 g/mol. The van der Waals surface area contributed by atoms with Crippen molar-refractivity contribution in [1.82, 2.24) is 0 Å². The summed E-state index contributed by atoms with van der Waals surface area (Å²) >= 11 is 0. The maximum atomic E-state index is 11.2. The second-order valence-corrected chi connectivity index (χ2v) is 1.20. The standard InChI is InChI=1S/C5H8F2/c1-2-3-4-5(6)7/h2-3,5H,4H2,1H3/b3-2+. The molecule has 0 aliphatic heterocycles. The van der Waals surface area contributed by atoms with Crippen LogP contribution in [0.25, 0.3) is 0 Å². The van der Waals surface area contributed by atoms with E-state index in [4.69, 9.17) is 0 Å². The normalized spacial score (nSPS) is 11.4. The molecule has 42 valence electrons. The molecule has 7 heavy (non-hydrogen) atoms. The van der Waals surface area contributed by atoms with Gasteiger partial charge in [0.05, 0.1) is 0 Å². The van der Waals surface area contributed by atoms with Crippen molar-refractivity contribution in [3.63, 3.8) is 0 Å². The van der Waals surface area contributed by atoms with Gasteiger partial charge in [-0.3, -0.25) is 0 Å². The van der Waals surface area contributed by atoms with Gasteiger partial charge in [-0.1, -0.05) is 12.2 Å². The van der Waals surface area contributed by atoms with Crippen molar-refractivity contribution >= 4 is 0 Å². The summed E-state index contributed by atoms with van der Waals surface area (Å²) < 4.78 is 22.3. The van der Waals surface area contributed by atoms with Crippen molar-refractivity contribution in [2.75, 3.05) is 0 Å². The van der Waals surface area contributed by atoms with Gasteiger partial charge in [-0.2, -0.15) is 0 Å². The maximum Gasteiger partial charge on any atom is 0.242 e. The summed E-state index contributed by atoms with van der Waals surface area (Å²) in [5.41, 5.74) is 0. The molecule has 0 heterocycles. The number of alkyl halides is 2. The van der Waals surface area contributed by atoms with E-state index < -0.39 is 6.43 Å². The van der Waals surface area contributed by atoms with Crippen LogP contribution in [0.2, 0.25) is 0 Å². The Morgan fingerprint density at radius 1 is 1.57 bits per heavy atom. The number of hydrogen-bond acceptors (Lipinski definition) is 0. The maximum absolute atomic E-state index is 11.2. The lowest BCUT2D eigenvalue weighted by Gasteiger charge is -1.85. The van der Waals surface area contributed by atoms with Crippen LogP contribution in [0.15, 0.2) is 12.2 Å². The Labute approximate surface area is 41.8 Å². The molecule has 2 heteroatoms. The van der Waals surface area contributed by atoms with Gasteiger partial charge in [0.15, 0.2) is 0 Å². The van der Waals surface area contributed by atoms with E-state index in [-0.39, 0.29) is 6.42 Å². The van der Waals surface area contributed by atoms with Crippen molar-refractivity contribution < 1.29 is 8.78 Å². The van der Waals surface area contributed by atoms with Gasteiger partial charge < -0.3 is 0 Å². The fourth-order valence-electron chi connectivity index (χ4n) is 0.239. The zero-order chi connectivity index (χ0) is 5.70. The predicted octanol–water partition coefficient (Wildman–Crippen LogP) is 2.22. The summed E-state index contributed by atoms with van der Waals surface area (Å²) in [7, 11) is 0. The topological polar surface area (TPSA) is 0 Å². The zero-order valence-corrected chi connectivity index (χ0v) is 4.20. The fourth-order valence-corrected chi connectivity index (χ4v) is 0.239. The Balaban J connectivity index is 2.97. The molecule has 0 unspecified atom stereocenters. The largest absolute Gasteiger partial charge is 0.242 e. The van der Waals surface area contributed by atoms with Crippen LogP contribution in [0.5, 0.6) is 0 Å². The highest BCUT2D eigenvalue weighted by atomic mass is 19.3. The zero-order valence-electron chi connectivity index (χ0n) is 4.20. The summed E-state index contributed by atoms with van der Waals surface area (Å²) in [6, 6.07) is 0. The average Bonchev–Trinajstić information content (AvgIpc) is 1.61. The first-order valence-corrected chi connectivity index (χ1v) is 2.16. The van der Waals surface area contributed by atoms with Crippen LogP contribution < -0.4 is 0 Å². The highest BCUT2D eigenvalue weighted by Gasteiger charge is 1.94. The van der Waals surface area contributed by atoms with E-state index in [0.717, 1.165) is 0 Å². The van der Waals surface area contributed by atoms with Crippen LogP contribution >= 0.6 is 0 Å². The molecule has 0 fully saturated rings. The van der Waals surface area contributed by atoms with Gasteiger partial charge in [0.2, 0.25) is 6.43 Å². The summed E-state index contributed by atoms with van der Waals surface area (Å²) in [4.78, 5) is 0. The van der Waals surface area contributed by atoms with Gasteiger partial charge in [0.25, 0.3) is 0 Å². The number of rotatable bonds is 2. The molecule has 0 atom stereocenters. The van der Waals surface area contributed by atoms with Gasteiger partial charge in [0.1, 0.15) is 0 Å². The van der Waals surface area contributed by atoms with Crippen molar-refractivity contribution in [2.24, 2.45) is 0 Å². The number of halogens is 2. The minimum absolute atomic E-state index is 0.115. The highest BCUT2D eigenvalue weighted by Crippen LogP contribution is 1.98. The molecule has 0 rings (SSSR count). The molecule has 0 radical (unpaired) electrons. The fraction of sp³-hybridized carbons (Fsp3) is 0.600. The molecule has 0 saturated carbocycles. The Morgan fingerprint density at radius 2 is 2.14 bits per heavy atom. The third kappa shape index (κ3) is 5.60. The first-order valence-electron chi connectivity index (χ1n) is 2.16. The van der Waals surface area contributed by atoms with Crippen LogP contribution in [0.1, 0.15) is 13.3 Å². The summed E-state index contributed by atoms with van der Waals surface area (Å²) in [5.74, 6) is 0. The Hall–Kier alpha value is -0.400. The van der Waals surface area contributed by atoms with Crippen LogP contribution in [-0.4, -0.2) is 6.43 Å². The molecule has 0 aromatic rings. The lowest BCUT2D eigenvalue weighted by atomic mass is 10.4. The van der Waals surface area contributed by atoms with Gasteiger partial charge >= 0.3 is 0 Å². The molecule has 0 aliphatic rings. The second-order valence-electron chi connectivity index (χ2n) is 1.20. The Bertz CT molecular complexity index is 57.1. The van der Waals surface area contributed by atoms with Crippen molar-refractivity contribution in [2.45, 2.75) is 19.8 Å². The minimum atomic E-state index is -2.18. The van der Waals surface area contributed by atoms with Gasteiger partial charge in [-0.25, -0.2) is 8.78 Å². The van der Waals surface area contributed by atoms with E-state index in [0.29, 0.717) is 0 Å². The third-order valence-electron chi connectivity index (χ3n) is 0.550. The van der Waals surface area contributed by atoms with E-state index in [1.54, 1.807) is 13.0 Å². The van der Waals surface area contributed by atoms with E-state index in [1.807, 2.05) is 0 Å². The number of hydrogen-bond donors (Lipinski definition) is 0. The van der Waals surface area contributed by atoms with E-state index in [1.165, 1.54) is 6.08 Å². The molecule has 0 spiro atoms. The molecule has 0 saturated heterocycles. The first kappa shape index (κ1) is 6.60. The lowest BCUT2D eigenvalue weighted by Crippen LogP contribution is -1.83. The van der Waals surface area contributed by atoms with Crippen LogP contribution in [-0.2, 0) is 0 Å². The van der Waals surface area contributed by atoms with Crippen molar-refractivity contribution in [1.29, 1.82) is 0 Å². The van der Waals surface area contributed by atoms with Gasteiger partial charge in [-0.05, 0) is 6.92 Å². The van der Waals surface area contributed by atoms with E-state index in [2.05, 4.69) is 0 Å². The SMILES string of the molecule is C/C=C/CC(F)F. The van der Waals surface area contributed by atoms with E-state index >= 15 is 0 Å². The quantitative estimate of drug-likeness (QED) is 0.473. The summed E-state index contributed by atoms with van der Waals surface area (Å²) in [5, 5.41) is 0. The van der Waals surface area contributed by atoms with Crippen LogP contribution in [0.4, 0.5) is 8.78 Å². The Morgan fingerprint density at radius 3 is 2.29 bits per heavy atom. The van der Waals surface area contributed by atoms with Gasteiger partial charge in [0, 0.05) is 6.42 Å². The van der Waals surface area contributed by atoms with Crippen LogP contribution in [0.3, 0.4) is 0 Å². The smallest absolute Gasteiger partial charge is 0.210 e. The molecular weight excluding hydrogens is 98.1 g/mol. The molecule has 0 aliphatic carbocycles. The van der Waals surface area contributed by atoms with Crippen molar-refractivity contribution in [3.05, 3.63) is 12.2 Å². The predicted molar refractivity (Wildman–Crippen MR) is 25.4 cm³/mol. The second kappa shape index (κ2) is 3.78. The van der Waals surface area contributed by atoms with Crippen molar-refractivity contribution in [3.8, 4) is 0 Å². The molecule has 0 amide bonds. The first-order chi connectivity index (χ1) is 3.27. The molecule has 0 N–H and O–H groups in total. The third-order valence-corrected chi connectivity index (χ3v) is 0.550. The molecule has 0 aromatic carbocycles. The number of allylic oxidation sites excluding steroid dienone is 2. The van der Waals surface area contributed by atoms with Crippen LogP contribution in [0, 0.1) is 0 Å². The van der Waals surface area contributed by atoms with E-state index in [9.17, 15) is 8.78 Å². The molecule has 0 aromatic heterocycles. The highest BCUT2D eigenvalue weighted by molar-refractivity contribution is 4.77. The molecule has 0 bridgehead atoms. The molecular formula is C5H8F2. The minimum Gasteiger partial charge on any atom is -0.210 e. The Kier molecular flexibility index (Phi) is 3.56. The summed E-state index contributed by atoms with van der Waals surface area (Å²) in [6.07, 6.45) is 0.768. The van der Waals surface area contributed by atoms with Gasteiger partial charge in [-0.15, -0.1) is 0 Å². The lowest BCUT2D eigenvalue weighted by molar-refractivity contribution is 0.152.